The highest BCUT2D eigenvalue weighted by atomic mass is 32.2. The number of hydrogen-bond donors (Lipinski definition) is 6. The molecule has 0 bridgehead atoms. The summed E-state index contributed by atoms with van der Waals surface area (Å²) in [7, 11) is 0. The van der Waals surface area contributed by atoms with Gasteiger partial charge < -0.3 is 31.9 Å². The molecule has 0 aliphatic rings. The van der Waals surface area contributed by atoms with Crippen LogP contribution in [-0.2, 0) is 28.8 Å². The fourth-order valence-electron chi connectivity index (χ4n) is 1.83. The van der Waals surface area contributed by atoms with Crippen molar-refractivity contribution < 1.29 is 49.2 Å². The molecule has 0 aromatic heterocycles. The van der Waals surface area contributed by atoms with E-state index in [1.165, 1.54) is 0 Å². The minimum Gasteiger partial charge on any atom is -0.481 e. The highest BCUT2D eigenvalue weighted by Gasteiger charge is 2.31. The fourth-order valence-corrected chi connectivity index (χ4v) is 2.81. The minimum absolute atomic E-state index is 0.315. The van der Waals surface area contributed by atoms with Crippen molar-refractivity contribution in [3.63, 3.8) is 0 Å². The summed E-state index contributed by atoms with van der Waals surface area (Å²) in [5.41, 5.74) is 10.8. The summed E-state index contributed by atoms with van der Waals surface area (Å²) in [5.74, 6) is -8.24. The standard InChI is InChI=1S/C14H21N3O10S/c15-6(13(24)25)1-2-9(18)17(4-11(21)22)12(23)7(16)5-28-8(14(26)27)3-10(19)20/h6-8H,1-5,15-16H2,(H,19,20)(H,21,22)(H,24,25)(H,26,27)/t6-,7-,8?/m0/s1. The predicted octanol–water partition coefficient (Wildman–Crippen LogP) is -2.39. The second-order valence-electron chi connectivity index (χ2n) is 5.56. The summed E-state index contributed by atoms with van der Waals surface area (Å²) in [6.45, 7) is -1.03. The van der Waals surface area contributed by atoms with Crippen LogP contribution in [0.5, 0.6) is 0 Å². The Balaban J connectivity index is 5.04. The van der Waals surface area contributed by atoms with Crippen molar-refractivity contribution in [2.45, 2.75) is 36.6 Å². The Bertz CT molecular complexity index is 641. The maximum atomic E-state index is 12.3. The van der Waals surface area contributed by atoms with Gasteiger partial charge >= 0.3 is 23.9 Å². The van der Waals surface area contributed by atoms with Gasteiger partial charge in [-0.15, -0.1) is 11.8 Å². The molecule has 0 heterocycles. The zero-order valence-corrected chi connectivity index (χ0v) is 15.3. The summed E-state index contributed by atoms with van der Waals surface area (Å²) >= 11 is 0.555. The Morgan fingerprint density at radius 2 is 1.43 bits per heavy atom. The van der Waals surface area contributed by atoms with E-state index in [0.717, 1.165) is 0 Å². The van der Waals surface area contributed by atoms with Crippen LogP contribution < -0.4 is 11.5 Å². The Kier molecular flexibility index (Phi) is 10.7. The molecule has 0 radical (unpaired) electrons. The van der Waals surface area contributed by atoms with Crippen molar-refractivity contribution >= 4 is 47.5 Å². The number of hydrogen-bond acceptors (Lipinski definition) is 9. The number of carboxylic acids is 4. The van der Waals surface area contributed by atoms with E-state index < -0.39 is 72.4 Å². The minimum atomic E-state index is -1.53. The summed E-state index contributed by atoms with van der Waals surface area (Å²) < 4.78 is 0. The van der Waals surface area contributed by atoms with Gasteiger partial charge in [-0.3, -0.25) is 33.7 Å². The van der Waals surface area contributed by atoms with Crippen molar-refractivity contribution in [2.24, 2.45) is 11.5 Å². The molecule has 0 rings (SSSR count). The van der Waals surface area contributed by atoms with Gasteiger partial charge in [-0.2, -0.15) is 0 Å². The molecule has 0 aliphatic heterocycles. The first-order valence-corrected chi connectivity index (χ1v) is 8.77. The smallest absolute Gasteiger partial charge is 0.323 e. The zero-order chi connectivity index (χ0) is 22.0. The summed E-state index contributed by atoms with van der Waals surface area (Å²) in [6, 6.07) is -2.88. The molecule has 3 atom stereocenters. The van der Waals surface area contributed by atoms with Gasteiger partial charge in [0.2, 0.25) is 11.8 Å². The molecular weight excluding hydrogens is 402 g/mol. The molecule has 0 spiro atoms. The lowest BCUT2D eigenvalue weighted by Crippen LogP contribution is -2.50. The third kappa shape index (κ3) is 9.29. The normalized spacial score (nSPS) is 13.8. The van der Waals surface area contributed by atoms with E-state index in [-0.39, 0.29) is 12.2 Å². The maximum Gasteiger partial charge on any atom is 0.323 e. The van der Waals surface area contributed by atoms with Crippen LogP contribution in [-0.4, -0.2) is 90.6 Å². The molecule has 8 N–H and O–H groups in total. The third-order valence-corrected chi connectivity index (χ3v) is 4.60. The van der Waals surface area contributed by atoms with E-state index in [1.807, 2.05) is 0 Å². The van der Waals surface area contributed by atoms with Crippen LogP contribution in [0.4, 0.5) is 0 Å². The number of thioether (sulfide) groups is 1. The molecule has 158 valence electrons. The second kappa shape index (κ2) is 11.9. The summed E-state index contributed by atoms with van der Waals surface area (Å²) in [4.78, 5) is 67.9. The number of carbonyl (C=O) groups is 6. The average Bonchev–Trinajstić information content (AvgIpc) is 2.58. The van der Waals surface area contributed by atoms with Crippen LogP contribution in [0.3, 0.4) is 0 Å². The molecular formula is C14H21N3O10S. The molecule has 0 saturated heterocycles. The number of carbonyl (C=O) groups excluding carboxylic acids is 2. The molecule has 0 saturated carbocycles. The Labute approximate surface area is 162 Å². The van der Waals surface area contributed by atoms with Crippen LogP contribution in [0.2, 0.25) is 0 Å². The van der Waals surface area contributed by atoms with Crippen molar-refractivity contribution in [1.82, 2.24) is 4.90 Å². The van der Waals surface area contributed by atoms with Gasteiger partial charge in [-0.25, -0.2) is 0 Å². The lowest BCUT2D eigenvalue weighted by atomic mass is 10.1. The van der Waals surface area contributed by atoms with Crippen molar-refractivity contribution in [2.75, 3.05) is 12.3 Å². The first-order valence-electron chi connectivity index (χ1n) is 7.73. The maximum absolute atomic E-state index is 12.3. The van der Waals surface area contributed by atoms with Crippen LogP contribution in [0.15, 0.2) is 0 Å². The molecule has 13 nitrogen and oxygen atoms in total. The van der Waals surface area contributed by atoms with E-state index in [1.54, 1.807) is 0 Å². The number of nitrogens with zero attached hydrogens (tertiary/aromatic N) is 1. The number of rotatable bonds is 13. The van der Waals surface area contributed by atoms with Gasteiger partial charge in [0, 0.05) is 12.2 Å². The number of amides is 2. The molecule has 2 amide bonds. The molecule has 28 heavy (non-hydrogen) atoms. The SMILES string of the molecule is N[C@@H](CCC(=O)N(CC(=O)O)C(=O)[C@@H](N)CSC(CC(=O)O)C(=O)O)C(=O)O. The third-order valence-electron chi connectivity index (χ3n) is 3.28. The predicted molar refractivity (Wildman–Crippen MR) is 93.3 cm³/mol. The molecule has 0 aliphatic carbocycles. The topological polar surface area (TPSA) is 239 Å². The van der Waals surface area contributed by atoms with Crippen LogP contribution in [0.1, 0.15) is 19.3 Å². The van der Waals surface area contributed by atoms with E-state index in [4.69, 9.17) is 31.9 Å². The van der Waals surface area contributed by atoms with E-state index >= 15 is 0 Å². The quantitative estimate of drug-likeness (QED) is 0.181. The van der Waals surface area contributed by atoms with Crippen LogP contribution >= 0.6 is 11.8 Å². The van der Waals surface area contributed by atoms with E-state index in [9.17, 15) is 28.8 Å². The Hall–Kier alpha value is -2.71. The molecule has 1 unspecified atom stereocenters. The molecule has 14 heteroatoms. The van der Waals surface area contributed by atoms with E-state index in [2.05, 4.69) is 0 Å². The highest BCUT2D eigenvalue weighted by molar-refractivity contribution is 8.00. The van der Waals surface area contributed by atoms with Crippen molar-refractivity contribution in [3.8, 4) is 0 Å². The van der Waals surface area contributed by atoms with Crippen LogP contribution in [0.25, 0.3) is 0 Å². The number of nitrogens with two attached hydrogens (primary N) is 2. The second-order valence-corrected chi connectivity index (χ2v) is 6.80. The van der Waals surface area contributed by atoms with Gasteiger partial charge in [-0.05, 0) is 6.42 Å². The van der Waals surface area contributed by atoms with Gasteiger partial charge in [0.1, 0.15) is 17.8 Å². The summed E-state index contributed by atoms with van der Waals surface area (Å²) in [5, 5.41) is 33.8. The summed E-state index contributed by atoms with van der Waals surface area (Å²) in [6.07, 6.45) is -1.60. The van der Waals surface area contributed by atoms with Crippen molar-refractivity contribution in [3.05, 3.63) is 0 Å². The first kappa shape index (κ1) is 25.3. The molecule has 0 fully saturated rings. The lowest BCUT2D eigenvalue weighted by Gasteiger charge is -2.23. The van der Waals surface area contributed by atoms with Gasteiger partial charge in [0.05, 0.1) is 12.5 Å². The van der Waals surface area contributed by atoms with E-state index in [0.29, 0.717) is 16.7 Å². The molecule has 0 aromatic rings. The van der Waals surface area contributed by atoms with Crippen molar-refractivity contribution in [1.29, 1.82) is 0 Å². The number of aliphatic carboxylic acids is 4. The lowest BCUT2D eigenvalue weighted by molar-refractivity contribution is -0.153. The van der Waals surface area contributed by atoms with Crippen LogP contribution in [0, 0.1) is 0 Å². The fraction of sp³-hybridized carbons (Fsp3) is 0.571. The Morgan fingerprint density at radius 1 is 0.857 bits per heavy atom. The number of imide groups is 1. The number of carboxylic acid groups (broad SMARTS) is 4. The monoisotopic (exact) mass is 423 g/mol. The van der Waals surface area contributed by atoms with Gasteiger partial charge in [0.15, 0.2) is 0 Å². The largest absolute Gasteiger partial charge is 0.481 e. The zero-order valence-electron chi connectivity index (χ0n) is 14.5. The molecule has 0 aromatic carbocycles. The van der Waals surface area contributed by atoms with Gasteiger partial charge in [0.25, 0.3) is 0 Å². The Morgan fingerprint density at radius 3 is 1.86 bits per heavy atom. The first-order chi connectivity index (χ1) is 12.9. The van der Waals surface area contributed by atoms with Gasteiger partial charge in [-0.1, -0.05) is 0 Å². The average molecular weight is 423 g/mol. The highest BCUT2D eigenvalue weighted by Crippen LogP contribution is 2.17.